The quantitative estimate of drug-likeness (QED) is 0.0735. The Hall–Kier alpha value is -5.72. The average Bonchev–Trinajstić information content (AvgIpc) is 3.93. The maximum absolute atomic E-state index is 12.2. The Labute approximate surface area is 406 Å². The van der Waals surface area contributed by atoms with Crippen LogP contribution in [-0.4, -0.2) is 88.0 Å². The number of amides is 2. The molecule has 0 atom stereocenters. The van der Waals surface area contributed by atoms with Gasteiger partial charge in [-0.15, -0.1) is 10.2 Å². The molecule has 19 nitrogen and oxygen atoms in total. The van der Waals surface area contributed by atoms with Crippen molar-refractivity contribution >= 4 is 46.6 Å². The molecule has 12 bridgehead atoms. The van der Waals surface area contributed by atoms with Crippen molar-refractivity contribution in [2.75, 3.05) is 33.2 Å². The Morgan fingerprint density at radius 3 is 1.14 bits per heavy atom. The second-order valence-corrected chi connectivity index (χ2v) is 23.1. The molecule has 0 unspecified atom stereocenters. The number of rotatable bonds is 11. The van der Waals surface area contributed by atoms with Gasteiger partial charge in [-0.05, 0) is 226 Å². The number of nitrogens with zero attached hydrogens (tertiary/aromatic N) is 6. The van der Waals surface area contributed by atoms with Gasteiger partial charge in [0.25, 0.3) is 0 Å². The summed E-state index contributed by atoms with van der Waals surface area (Å²) in [5.41, 5.74) is 9.11. The topological polar surface area (TPSA) is 235 Å². The fourth-order valence-electron chi connectivity index (χ4n) is 16.5. The highest BCUT2D eigenvalue weighted by Crippen LogP contribution is 2.62. The highest BCUT2D eigenvalue weighted by atomic mass is 16.9. The molecule has 12 aliphatic rings. The van der Waals surface area contributed by atoms with Crippen LogP contribution in [0.4, 0.5) is 19.2 Å². The van der Waals surface area contributed by atoms with Gasteiger partial charge in [-0.2, -0.15) is 0 Å². The normalized spacial score (nSPS) is 34.2. The Bertz CT molecular complexity index is 2290. The average molecular weight is 966 g/mol. The number of hydrogen-bond donors (Lipinski definition) is 3. The smallest absolute Gasteiger partial charge is 0.412 e. The number of para-hydroxylation sites is 2. The highest BCUT2D eigenvalue weighted by molar-refractivity contribution is 5.75. The second-order valence-electron chi connectivity index (χ2n) is 23.1. The van der Waals surface area contributed by atoms with E-state index in [1.165, 1.54) is 116 Å². The molecule has 2 amide bonds. The number of carbonyl (C=O) groups excluding carboxylic acids is 4. The molecule has 0 aliphatic heterocycles. The van der Waals surface area contributed by atoms with Gasteiger partial charge in [0.2, 0.25) is 13.6 Å². The van der Waals surface area contributed by atoms with E-state index in [-0.39, 0.29) is 17.6 Å². The molecular weight excluding hydrogens is 899 g/mol. The van der Waals surface area contributed by atoms with Crippen molar-refractivity contribution < 1.29 is 47.8 Å². The molecule has 0 spiro atoms. The summed E-state index contributed by atoms with van der Waals surface area (Å²) >= 11 is 0. The fraction of sp³-hybridized carbons (Fsp3) is 0.686. The molecule has 16 rings (SSSR count). The SMILES string of the molecule is NCC12CC3CC(CC(C3)C1)C2.O=C(NCC12CC3CC(CC(C3)C1)C2)OCOC(=O)NCC12CC3CC(CC(C3)C1)C2.O=C(OCOC(=O)On1nnc2ccccc21)On1nnc2ccccc21. The summed E-state index contributed by atoms with van der Waals surface area (Å²) in [6.07, 6.45) is 21.7. The zero-order chi connectivity index (χ0) is 47.9. The summed E-state index contributed by atoms with van der Waals surface area (Å²) in [5.74, 6) is 8.40. The van der Waals surface area contributed by atoms with Crippen molar-refractivity contribution in [2.45, 2.75) is 116 Å². The van der Waals surface area contributed by atoms with Crippen LogP contribution in [0, 0.1) is 69.5 Å². The number of alkyl carbamates (subject to hydrolysis) is 2. The number of ether oxygens (including phenoxy) is 4. The van der Waals surface area contributed by atoms with Gasteiger partial charge >= 0.3 is 24.5 Å². The zero-order valence-corrected chi connectivity index (χ0v) is 39.9. The number of nitrogens with two attached hydrogens (primary N) is 1. The first kappa shape index (κ1) is 46.7. The standard InChI is InChI=1S/C25H38N2O4.C15H10N6O6.C11H19N/c28-22(26-13-24-7-16-1-17(8-24)3-18(2-16)9-24)30-15-31-23(29)27-14-25-10-19-4-20(11-25)6-21(5-19)12-25;22-14(26-20-12-7-3-1-5-10(12)16-18-20)24-9-25-15(23)27-21-13-8-4-2-6-11(13)17-19-21;12-7-11-4-8-1-9(5-11)3-10(2-8)6-11/h16-21H,1-15H2,(H,26,28)(H,27,29);1-8H,9H2;8-10H,1-7,12H2. The van der Waals surface area contributed by atoms with Gasteiger partial charge in [0, 0.05) is 13.1 Å². The molecule has 0 radical (unpaired) electrons. The van der Waals surface area contributed by atoms with Crippen LogP contribution in [0.2, 0.25) is 0 Å². The van der Waals surface area contributed by atoms with E-state index < -0.39 is 31.3 Å². The van der Waals surface area contributed by atoms with Crippen LogP contribution in [0.15, 0.2) is 48.5 Å². The van der Waals surface area contributed by atoms with Crippen molar-refractivity contribution in [3.05, 3.63) is 48.5 Å². The van der Waals surface area contributed by atoms with Crippen molar-refractivity contribution in [3.8, 4) is 0 Å². The molecule has 12 aliphatic carbocycles. The van der Waals surface area contributed by atoms with Crippen LogP contribution in [0.3, 0.4) is 0 Å². The lowest BCUT2D eigenvalue weighted by atomic mass is 9.49. The number of nitrogens with one attached hydrogen (secondary N) is 2. The van der Waals surface area contributed by atoms with E-state index in [0.29, 0.717) is 40.6 Å². The van der Waals surface area contributed by atoms with E-state index in [2.05, 4.69) is 40.7 Å². The summed E-state index contributed by atoms with van der Waals surface area (Å²) < 4.78 is 19.5. The third-order valence-electron chi connectivity index (χ3n) is 17.8. The minimum atomic E-state index is -1.15. The Morgan fingerprint density at radius 2 is 0.800 bits per heavy atom. The third-order valence-corrected chi connectivity index (χ3v) is 17.8. The second kappa shape index (κ2) is 19.5. The van der Waals surface area contributed by atoms with Crippen molar-refractivity contribution in [3.63, 3.8) is 0 Å². The van der Waals surface area contributed by atoms with E-state index in [4.69, 9.17) is 24.9 Å². The molecule has 70 heavy (non-hydrogen) atoms. The summed E-state index contributed by atoms with van der Waals surface area (Å²) in [7, 11) is 0. The van der Waals surface area contributed by atoms with Gasteiger partial charge in [-0.1, -0.05) is 34.0 Å². The molecule has 19 heteroatoms. The van der Waals surface area contributed by atoms with E-state index in [0.717, 1.165) is 69.5 Å². The maximum atomic E-state index is 12.2. The molecule has 0 saturated heterocycles. The monoisotopic (exact) mass is 966 g/mol. The predicted molar refractivity (Wildman–Crippen MR) is 251 cm³/mol. The lowest BCUT2D eigenvalue weighted by molar-refractivity contribution is -0.0539. The third kappa shape index (κ3) is 10.4. The number of fused-ring (bicyclic) bond motifs is 2. The minimum Gasteiger partial charge on any atom is -0.412 e. The van der Waals surface area contributed by atoms with Crippen molar-refractivity contribution in [1.82, 2.24) is 40.9 Å². The van der Waals surface area contributed by atoms with Gasteiger partial charge in [-0.3, -0.25) is 9.68 Å². The van der Waals surface area contributed by atoms with Gasteiger partial charge in [0.05, 0.1) is 0 Å². The molecule has 2 aromatic heterocycles. The van der Waals surface area contributed by atoms with Crippen LogP contribution in [0.25, 0.3) is 22.1 Å². The van der Waals surface area contributed by atoms with E-state index in [9.17, 15) is 19.2 Å². The summed E-state index contributed by atoms with van der Waals surface area (Å²) in [6.45, 7) is 1.31. The first-order valence-corrected chi connectivity index (χ1v) is 25.8. The Kier molecular flexibility index (Phi) is 13.0. The van der Waals surface area contributed by atoms with Crippen LogP contribution in [0.1, 0.15) is 116 Å². The molecule has 4 aromatic rings. The fourth-order valence-corrected chi connectivity index (χ4v) is 16.5. The van der Waals surface area contributed by atoms with E-state index >= 15 is 0 Å². The number of benzene rings is 2. The van der Waals surface area contributed by atoms with Gasteiger partial charge < -0.3 is 35.3 Å². The molecule has 2 heterocycles. The molecular formula is C51H67N9O10. The molecule has 376 valence electrons. The Balaban J connectivity index is 0.000000124. The van der Waals surface area contributed by atoms with Crippen LogP contribution in [-0.2, 0) is 18.9 Å². The van der Waals surface area contributed by atoms with Crippen LogP contribution in [0.5, 0.6) is 0 Å². The lowest BCUT2D eigenvalue weighted by Gasteiger charge is -2.56. The zero-order valence-electron chi connectivity index (χ0n) is 39.9. The Morgan fingerprint density at radius 1 is 0.486 bits per heavy atom. The number of aromatic nitrogens is 6. The summed E-state index contributed by atoms with van der Waals surface area (Å²) in [5, 5.41) is 20.8. The van der Waals surface area contributed by atoms with Gasteiger partial charge in [0.15, 0.2) is 0 Å². The summed E-state index contributed by atoms with van der Waals surface area (Å²) in [6, 6.07) is 13.7. The maximum Gasteiger partial charge on any atom is 0.538 e. The first-order chi connectivity index (χ1) is 34.0. The van der Waals surface area contributed by atoms with Crippen molar-refractivity contribution in [1.29, 1.82) is 0 Å². The lowest BCUT2D eigenvalue weighted by Crippen LogP contribution is -2.51. The van der Waals surface area contributed by atoms with Gasteiger partial charge in [0.1, 0.15) is 22.1 Å². The molecule has 12 saturated carbocycles. The van der Waals surface area contributed by atoms with E-state index in [1.54, 1.807) is 48.5 Å². The first-order valence-electron chi connectivity index (χ1n) is 25.8. The summed E-state index contributed by atoms with van der Waals surface area (Å²) in [4.78, 5) is 59.0. The van der Waals surface area contributed by atoms with Crippen LogP contribution < -0.4 is 26.0 Å². The minimum absolute atomic E-state index is 0.282. The molecule has 12 fully saturated rings. The van der Waals surface area contributed by atoms with Crippen LogP contribution >= 0.6 is 0 Å². The molecule has 2 aromatic carbocycles. The highest BCUT2D eigenvalue weighted by Gasteiger charge is 2.53. The van der Waals surface area contributed by atoms with Gasteiger partial charge in [-0.25, -0.2) is 19.2 Å². The van der Waals surface area contributed by atoms with Crippen molar-refractivity contribution in [2.24, 2.45) is 75.2 Å². The molecule has 4 N–H and O–H groups in total. The predicted octanol–water partition coefficient (Wildman–Crippen LogP) is 7.95. The number of hydrogen-bond acceptors (Lipinski definition) is 15. The van der Waals surface area contributed by atoms with E-state index in [1.807, 2.05) is 0 Å². The number of carbonyl (C=O) groups is 4. The largest absolute Gasteiger partial charge is 0.538 e.